The van der Waals surface area contributed by atoms with Crippen LogP contribution in [-0.4, -0.2) is 26.4 Å². The highest BCUT2D eigenvalue weighted by molar-refractivity contribution is 7.03. The summed E-state index contributed by atoms with van der Waals surface area (Å²) in [5.74, 6) is -0.766. The third-order valence-electron chi connectivity index (χ3n) is 4.89. The molecule has 4 aromatic rings. The number of hydrogen-bond donors (Lipinski definition) is 1. The van der Waals surface area contributed by atoms with Crippen LogP contribution in [0, 0.1) is 6.92 Å². The van der Waals surface area contributed by atoms with E-state index in [0.29, 0.717) is 17.9 Å². The third kappa shape index (κ3) is 4.87. The van der Waals surface area contributed by atoms with Crippen molar-refractivity contribution in [3.05, 3.63) is 107 Å². The number of amides is 2. The molecule has 0 aliphatic carbocycles. The SMILES string of the molecule is Cc1ccc(N(C(=O)c2csnn2)[C@H](C(=O)NCc2ccccc2)c2ccccn2)cc1. The number of nitrogens with one attached hydrogen (secondary N) is 1. The summed E-state index contributed by atoms with van der Waals surface area (Å²) in [5, 5.41) is 8.46. The van der Waals surface area contributed by atoms with E-state index in [9.17, 15) is 9.59 Å². The van der Waals surface area contributed by atoms with Gasteiger partial charge in [-0.15, -0.1) is 5.10 Å². The topological polar surface area (TPSA) is 88.1 Å². The molecule has 7 nitrogen and oxygen atoms in total. The fraction of sp³-hybridized carbons (Fsp3) is 0.125. The molecule has 160 valence electrons. The Bertz CT molecular complexity index is 1170. The van der Waals surface area contributed by atoms with Crippen LogP contribution in [0.15, 0.2) is 84.4 Å². The van der Waals surface area contributed by atoms with Gasteiger partial charge in [0.2, 0.25) is 5.91 Å². The summed E-state index contributed by atoms with van der Waals surface area (Å²) in [5.41, 5.74) is 3.19. The minimum absolute atomic E-state index is 0.173. The summed E-state index contributed by atoms with van der Waals surface area (Å²) in [6, 6.07) is 21.3. The van der Waals surface area contributed by atoms with E-state index in [1.54, 1.807) is 29.8 Å². The zero-order chi connectivity index (χ0) is 22.3. The van der Waals surface area contributed by atoms with Crippen molar-refractivity contribution in [1.82, 2.24) is 19.9 Å². The summed E-state index contributed by atoms with van der Waals surface area (Å²) < 4.78 is 3.81. The number of aromatic nitrogens is 3. The molecule has 0 aliphatic heterocycles. The van der Waals surface area contributed by atoms with Crippen molar-refractivity contribution >= 4 is 29.0 Å². The van der Waals surface area contributed by atoms with Crippen LogP contribution in [0.2, 0.25) is 0 Å². The van der Waals surface area contributed by atoms with Gasteiger partial charge in [0.1, 0.15) is 0 Å². The van der Waals surface area contributed by atoms with Crippen LogP contribution in [0.5, 0.6) is 0 Å². The molecule has 2 aromatic heterocycles. The normalized spacial score (nSPS) is 11.5. The molecule has 0 radical (unpaired) electrons. The van der Waals surface area contributed by atoms with Gasteiger partial charge in [0, 0.05) is 23.8 Å². The van der Waals surface area contributed by atoms with Gasteiger partial charge in [-0.1, -0.05) is 58.6 Å². The predicted molar refractivity (Wildman–Crippen MR) is 123 cm³/mol. The third-order valence-corrected chi connectivity index (χ3v) is 5.40. The molecule has 0 fully saturated rings. The highest BCUT2D eigenvalue weighted by Gasteiger charge is 2.35. The van der Waals surface area contributed by atoms with E-state index in [0.717, 1.165) is 22.7 Å². The molecule has 0 spiro atoms. The lowest BCUT2D eigenvalue weighted by Gasteiger charge is -2.30. The second-order valence-electron chi connectivity index (χ2n) is 7.16. The molecular weight excluding hydrogens is 422 g/mol. The lowest BCUT2D eigenvalue weighted by Crippen LogP contribution is -2.44. The molecule has 1 atom stereocenters. The molecule has 0 saturated heterocycles. The second-order valence-corrected chi connectivity index (χ2v) is 7.77. The smallest absolute Gasteiger partial charge is 0.280 e. The molecule has 4 rings (SSSR count). The number of hydrogen-bond acceptors (Lipinski definition) is 6. The van der Waals surface area contributed by atoms with Gasteiger partial charge in [-0.05, 0) is 48.3 Å². The molecule has 0 unspecified atom stereocenters. The summed E-state index contributed by atoms with van der Waals surface area (Å²) in [6.07, 6.45) is 1.61. The molecule has 8 heteroatoms. The Kier molecular flexibility index (Phi) is 6.62. The van der Waals surface area contributed by atoms with Crippen LogP contribution < -0.4 is 10.2 Å². The van der Waals surface area contributed by atoms with Crippen LogP contribution in [0.25, 0.3) is 0 Å². The van der Waals surface area contributed by atoms with Gasteiger partial charge < -0.3 is 5.32 Å². The largest absolute Gasteiger partial charge is 0.350 e. The Labute approximate surface area is 189 Å². The summed E-state index contributed by atoms with van der Waals surface area (Å²) in [4.78, 5) is 32.8. The molecule has 2 heterocycles. The van der Waals surface area contributed by atoms with Gasteiger partial charge in [-0.25, -0.2) is 0 Å². The van der Waals surface area contributed by atoms with E-state index >= 15 is 0 Å². The molecule has 0 aliphatic rings. The Morgan fingerprint density at radius 1 is 1.00 bits per heavy atom. The van der Waals surface area contributed by atoms with Gasteiger partial charge in [-0.2, -0.15) is 0 Å². The van der Waals surface area contributed by atoms with Crippen LogP contribution in [0.1, 0.15) is 33.4 Å². The lowest BCUT2D eigenvalue weighted by atomic mass is 10.1. The first-order valence-electron chi connectivity index (χ1n) is 10.0. The fourth-order valence-electron chi connectivity index (χ4n) is 3.27. The number of nitrogens with zero attached hydrogens (tertiary/aromatic N) is 4. The molecule has 0 saturated carbocycles. The van der Waals surface area contributed by atoms with Gasteiger partial charge in [0.15, 0.2) is 11.7 Å². The number of anilines is 1. The van der Waals surface area contributed by atoms with E-state index in [4.69, 9.17) is 0 Å². The first kappa shape index (κ1) is 21.3. The van der Waals surface area contributed by atoms with Gasteiger partial charge in [0.25, 0.3) is 5.91 Å². The quantitative estimate of drug-likeness (QED) is 0.467. The number of aryl methyl sites for hydroxylation is 1. The summed E-state index contributed by atoms with van der Waals surface area (Å²) >= 11 is 1.08. The monoisotopic (exact) mass is 443 g/mol. The van der Waals surface area contributed by atoms with Crippen molar-refractivity contribution < 1.29 is 9.59 Å². The Morgan fingerprint density at radius 2 is 1.75 bits per heavy atom. The van der Waals surface area contributed by atoms with E-state index in [1.807, 2.05) is 61.5 Å². The van der Waals surface area contributed by atoms with Gasteiger partial charge in [-0.3, -0.25) is 19.5 Å². The maximum absolute atomic E-state index is 13.5. The summed E-state index contributed by atoms with van der Waals surface area (Å²) in [6.45, 7) is 2.29. The van der Waals surface area contributed by atoms with Crippen molar-refractivity contribution in [3.8, 4) is 0 Å². The van der Waals surface area contributed by atoms with E-state index in [1.165, 1.54) is 4.90 Å². The van der Waals surface area contributed by atoms with Crippen LogP contribution in [0.3, 0.4) is 0 Å². The average molecular weight is 444 g/mol. The number of carbonyl (C=O) groups excluding carboxylic acids is 2. The minimum atomic E-state index is -0.989. The molecule has 32 heavy (non-hydrogen) atoms. The van der Waals surface area contributed by atoms with Crippen molar-refractivity contribution in [2.24, 2.45) is 0 Å². The molecule has 2 aromatic carbocycles. The predicted octanol–water partition coefficient (Wildman–Crippen LogP) is 3.95. The zero-order valence-electron chi connectivity index (χ0n) is 17.4. The van der Waals surface area contributed by atoms with Crippen molar-refractivity contribution in [1.29, 1.82) is 0 Å². The highest BCUT2D eigenvalue weighted by Crippen LogP contribution is 2.29. The molecular formula is C24H21N5O2S. The number of rotatable bonds is 7. The van der Waals surface area contributed by atoms with Gasteiger partial charge in [0.05, 0.1) is 5.69 Å². The van der Waals surface area contributed by atoms with Crippen LogP contribution in [-0.2, 0) is 11.3 Å². The zero-order valence-corrected chi connectivity index (χ0v) is 18.2. The standard InChI is InChI=1S/C24H21N5O2S/c1-17-10-12-19(13-11-17)29(24(31)21-16-32-28-27-21)22(20-9-5-6-14-25-20)23(30)26-15-18-7-3-2-4-8-18/h2-14,16,22H,15H2,1H3,(H,26,30)/t22-/m0/s1. The Balaban J connectivity index is 1.75. The number of benzene rings is 2. The van der Waals surface area contributed by atoms with E-state index in [2.05, 4.69) is 19.9 Å². The second kappa shape index (κ2) is 9.93. The van der Waals surface area contributed by atoms with Crippen LogP contribution >= 0.6 is 11.5 Å². The first-order valence-corrected chi connectivity index (χ1v) is 10.9. The molecule has 0 bridgehead atoms. The number of carbonyl (C=O) groups is 2. The maximum atomic E-state index is 13.5. The van der Waals surface area contributed by atoms with Crippen molar-refractivity contribution in [2.75, 3.05) is 4.90 Å². The average Bonchev–Trinajstić information content (AvgIpc) is 3.38. The molecule has 1 N–H and O–H groups in total. The summed E-state index contributed by atoms with van der Waals surface area (Å²) in [7, 11) is 0. The Morgan fingerprint density at radius 3 is 2.41 bits per heavy atom. The Hall–Kier alpha value is -3.91. The van der Waals surface area contributed by atoms with Crippen molar-refractivity contribution in [2.45, 2.75) is 19.5 Å². The van der Waals surface area contributed by atoms with Crippen molar-refractivity contribution in [3.63, 3.8) is 0 Å². The fourth-order valence-corrected chi connectivity index (χ4v) is 3.70. The van der Waals surface area contributed by atoms with E-state index in [-0.39, 0.29) is 11.6 Å². The van der Waals surface area contributed by atoms with Crippen LogP contribution in [0.4, 0.5) is 5.69 Å². The van der Waals surface area contributed by atoms with E-state index < -0.39 is 11.9 Å². The van der Waals surface area contributed by atoms with Gasteiger partial charge >= 0.3 is 0 Å². The first-order chi connectivity index (χ1) is 15.6. The molecule has 2 amide bonds. The highest BCUT2D eigenvalue weighted by atomic mass is 32.1. The lowest BCUT2D eigenvalue weighted by molar-refractivity contribution is -0.122. The number of pyridine rings is 1. The maximum Gasteiger partial charge on any atom is 0.280 e. The minimum Gasteiger partial charge on any atom is -0.350 e.